The summed E-state index contributed by atoms with van der Waals surface area (Å²) in [7, 11) is 0. The lowest BCUT2D eigenvalue weighted by molar-refractivity contribution is -0.384. The number of imide groups is 1. The van der Waals surface area contributed by atoms with Crippen LogP contribution < -0.4 is 4.90 Å². The normalized spacial score (nSPS) is 23.9. The molecule has 178 valence electrons. The molecule has 2 saturated heterocycles. The maximum absolute atomic E-state index is 13.9. The number of benzene rings is 3. The van der Waals surface area contributed by atoms with Gasteiger partial charge in [0.25, 0.3) is 5.69 Å². The molecule has 2 amide bonds. The number of fused-ring (bicyclic) bond motifs is 5. The Hall–Kier alpha value is -4.37. The second-order valence-corrected chi connectivity index (χ2v) is 9.24. The lowest BCUT2D eigenvalue weighted by Gasteiger charge is -2.33. The maximum atomic E-state index is 13.9. The third-order valence-electron chi connectivity index (χ3n) is 7.00. The van der Waals surface area contributed by atoms with Gasteiger partial charge in [0.1, 0.15) is 6.04 Å². The number of nitro benzene ring substituents is 1. The van der Waals surface area contributed by atoms with Crippen molar-refractivity contribution in [3.05, 3.63) is 105 Å². The SMILES string of the molecule is O=C(c1ccccc1)[C@H]1[C@H]2C(=O)N(c3cc([N+](=O)[O-])ccc3Cl)C(=O)[C@@H]2[C@H]2c3ccccc3C=NN21. The molecule has 3 heterocycles. The van der Waals surface area contributed by atoms with E-state index in [1.165, 1.54) is 12.1 Å². The second-order valence-electron chi connectivity index (χ2n) is 8.83. The van der Waals surface area contributed by atoms with Crippen LogP contribution in [0.4, 0.5) is 11.4 Å². The molecular weight excluding hydrogens is 484 g/mol. The predicted molar refractivity (Wildman–Crippen MR) is 131 cm³/mol. The molecule has 0 aromatic heterocycles. The molecule has 10 heteroatoms. The number of nitro groups is 1. The molecular formula is C26H17ClN4O5. The summed E-state index contributed by atoms with van der Waals surface area (Å²) in [4.78, 5) is 53.2. The highest BCUT2D eigenvalue weighted by Gasteiger charge is 2.65. The fourth-order valence-electron chi connectivity index (χ4n) is 5.47. The van der Waals surface area contributed by atoms with Gasteiger partial charge in [0.15, 0.2) is 5.78 Å². The van der Waals surface area contributed by atoms with E-state index in [2.05, 4.69) is 5.10 Å². The minimum Gasteiger partial charge on any atom is -0.292 e. The smallest absolute Gasteiger partial charge is 0.271 e. The summed E-state index contributed by atoms with van der Waals surface area (Å²) in [6.45, 7) is 0. The van der Waals surface area contributed by atoms with E-state index in [0.29, 0.717) is 5.56 Å². The van der Waals surface area contributed by atoms with Gasteiger partial charge in [-0.05, 0) is 17.2 Å². The highest BCUT2D eigenvalue weighted by Crippen LogP contribution is 2.53. The predicted octanol–water partition coefficient (Wildman–Crippen LogP) is 4.01. The van der Waals surface area contributed by atoms with E-state index in [4.69, 9.17) is 11.6 Å². The number of rotatable bonds is 4. The third kappa shape index (κ3) is 3.09. The van der Waals surface area contributed by atoms with E-state index in [9.17, 15) is 24.5 Å². The van der Waals surface area contributed by atoms with Gasteiger partial charge in [-0.3, -0.25) is 29.5 Å². The number of nitrogens with zero attached hydrogens (tertiary/aromatic N) is 4. The van der Waals surface area contributed by atoms with Gasteiger partial charge in [-0.2, -0.15) is 5.10 Å². The Morgan fingerprint density at radius 3 is 2.39 bits per heavy atom. The van der Waals surface area contributed by atoms with E-state index in [1.54, 1.807) is 41.6 Å². The van der Waals surface area contributed by atoms with Crippen molar-refractivity contribution in [2.75, 3.05) is 4.90 Å². The quantitative estimate of drug-likeness (QED) is 0.231. The van der Waals surface area contributed by atoms with Crippen molar-refractivity contribution >= 4 is 46.8 Å². The third-order valence-corrected chi connectivity index (χ3v) is 7.32. The molecule has 6 rings (SSSR count). The average Bonchev–Trinajstić information content (AvgIpc) is 3.37. The summed E-state index contributed by atoms with van der Waals surface area (Å²) in [6.07, 6.45) is 1.63. The molecule has 0 unspecified atom stereocenters. The molecule has 0 N–H and O–H groups in total. The summed E-state index contributed by atoms with van der Waals surface area (Å²) in [5, 5.41) is 17.5. The van der Waals surface area contributed by atoms with Gasteiger partial charge >= 0.3 is 0 Å². The van der Waals surface area contributed by atoms with Crippen molar-refractivity contribution in [2.24, 2.45) is 16.9 Å². The zero-order valence-corrected chi connectivity index (χ0v) is 19.3. The lowest BCUT2D eigenvalue weighted by atomic mass is 9.83. The molecule has 0 spiro atoms. The number of amides is 2. The Kier molecular flexibility index (Phi) is 4.97. The first-order valence-electron chi connectivity index (χ1n) is 11.2. The first kappa shape index (κ1) is 22.1. The number of hydrogen-bond donors (Lipinski definition) is 0. The number of carbonyl (C=O) groups excluding carboxylic acids is 3. The van der Waals surface area contributed by atoms with E-state index < -0.39 is 40.7 Å². The number of anilines is 1. The van der Waals surface area contributed by atoms with Crippen LogP contribution in [0.2, 0.25) is 5.02 Å². The maximum Gasteiger partial charge on any atom is 0.271 e. The van der Waals surface area contributed by atoms with Gasteiger partial charge in [0.05, 0.1) is 39.7 Å². The van der Waals surface area contributed by atoms with E-state index in [-0.39, 0.29) is 22.2 Å². The standard InChI is InChI=1S/C26H17ClN4O5/c27-18-11-10-16(31(35)36)12-19(18)29-25(33)20-21(26(29)34)23(24(32)14-6-2-1-3-7-14)30-22(20)17-9-5-4-8-15(17)13-28-30/h1-13,20-23H/t20-,21-,22+,23+/m0/s1. The summed E-state index contributed by atoms with van der Waals surface area (Å²) >= 11 is 6.31. The number of non-ortho nitro benzene ring substituents is 1. The molecule has 3 aromatic rings. The number of Topliss-reactive ketones (excluding diaryl/α,β-unsaturated/α-hetero) is 1. The molecule has 3 aliphatic heterocycles. The van der Waals surface area contributed by atoms with E-state index in [0.717, 1.165) is 22.1 Å². The van der Waals surface area contributed by atoms with Crippen LogP contribution in [-0.2, 0) is 9.59 Å². The van der Waals surface area contributed by atoms with Gasteiger partial charge in [0, 0.05) is 17.7 Å². The van der Waals surface area contributed by atoms with Crippen molar-refractivity contribution < 1.29 is 19.3 Å². The zero-order chi connectivity index (χ0) is 25.1. The molecule has 3 aromatic carbocycles. The van der Waals surface area contributed by atoms with Crippen molar-refractivity contribution in [1.82, 2.24) is 5.01 Å². The summed E-state index contributed by atoms with van der Waals surface area (Å²) < 4.78 is 0. The van der Waals surface area contributed by atoms with Crippen molar-refractivity contribution in [1.29, 1.82) is 0 Å². The highest BCUT2D eigenvalue weighted by atomic mass is 35.5. The lowest BCUT2D eigenvalue weighted by Crippen LogP contribution is -2.44. The number of carbonyl (C=O) groups is 3. The Morgan fingerprint density at radius 2 is 1.64 bits per heavy atom. The number of ketones is 1. The fourth-order valence-corrected chi connectivity index (χ4v) is 5.67. The van der Waals surface area contributed by atoms with Gasteiger partial charge in [-0.1, -0.05) is 66.2 Å². The number of hydrogen-bond acceptors (Lipinski definition) is 7. The van der Waals surface area contributed by atoms with Crippen LogP contribution in [0.5, 0.6) is 0 Å². The van der Waals surface area contributed by atoms with Crippen LogP contribution >= 0.6 is 11.6 Å². The highest BCUT2D eigenvalue weighted by molar-refractivity contribution is 6.36. The van der Waals surface area contributed by atoms with Gasteiger partial charge in [0.2, 0.25) is 11.8 Å². The summed E-state index contributed by atoms with van der Waals surface area (Å²) in [5.41, 5.74) is 1.58. The van der Waals surface area contributed by atoms with Crippen LogP contribution in [0.15, 0.2) is 77.9 Å². The van der Waals surface area contributed by atoms with E-state index >= 15 is 0 Å². The molecule has 0 aliphatic carbocycles. The Balaban J connectivity index is 1.51. The fraction of sp³-hybridized carbons (Fsp3) is 0.154. The van der Waals surface area contributed by atoms with Crippen LogP contribution in [0, 0.1) is 22.0 Å². The Labute approximate surface area is 209 Å². The molecule has 4 atom stereocenters. The van der Waals surface area contributed by atoms with Crippen LogP contribution in [0.1, 0.15) is 27.5 Å². The van der Waals surface area contributed by atoms with Crippen LogP contribution in [0.25, 0.3) is 0 Å². The monoisotopic (exact) mass is 500 g/mol. The van der Waals surface area contributed by atoms with Gasteiger partial charge < -0.3 is 0 Å². The Morgan fingerprint density at radius 1 is 0.944 bits per heavy atom. The zero-order valence-electron chi connectivity index (χ0n) is 18.5. The van der Waals surface area contributed by atoms with Gasteiger partial charge in [-0.15, -0.1) is 0 Å². The first-order valence-corrected chi connectivity index (χ1v) is 11.6. The number of hydrazone groups is 1. The summed E-state index contributed by atoms with van der Waals surface area (Å²) in [6, 6.07) is 17.8. The molecule has 3 aliphatic rings. The molecule has 2 fully saturated rings. The molecule has 9 nitrogen and oxygen atoms in total. The van der Waals surface area contributed by atoms with Gasteiger partial charge in [-0.25, -0.2) is 4.90 Å². The number of halogens is 1. The minimum atomic E-state index is -1.05. The topological polar surface area (TPSA) is 113 Å². The van der Waals surface area contributed by atoms with E-state index in [1.807, 2.05) is 24.3 Å². The van der Waals surface area contributed by atoms with Crippen LogP contribution in [0.3, 0.4) is 0 Å². The van der Waals surface area contributed by atoms with Crippen LogP contribution in [-0.4, -0.2) is 39.8 Å². The van der Waals surface area contributed by atoms with Crippen molar-refractivity contribution in [3.8, 4) is 0 Å². The molecule has 36 heavy (non-hydrogen) atoms. The first-order chi connectivity index (χ1) is 17.4. The van der Waals surface area contributed by atoms with Crippen molar-refractivity contribution in [2.45, 2.75) is 12.1 Å². The second kappa shape index (κ2) is 8.10. The van der Waals surface area contributed by atoms with Crippen molar-refractivity contribution in [3.63, 3.8) is 0 Å². The molecule has 0 radical (unpaired) electrons. The summed E-state index contributed by atoms with van der Waals surface area (Å²) in [5.74, 6) is -3.52. The average molecular weight is 501 g/mol. The minimum absolute atomic E-state index is 0.0205. The molecule has 0 bridgehead atoms. The largest absolute Gasteiger partial charge is 0.292 e. The molecule has 0 saturated carbocycles. The Bertz CT molecular complexity index is 1490.